The number of phenols is 1. The molecule has 2 aromatic carbocycles. The van der Waals surface area contributed by atoms with Crippen LogP contribution in [0.5, 0.6) is 5.75 Å². The van der Waals surface area contributed by atoms with Crippen LogP contribution in [0.25, 0.3) is 0 Å². The fraction of sp³-hybridized carbons (Fsp3) is 0. The van der Waals surface area contributed by atoms with E-state index in [1.165, 1.54) is 24.3 Å². The van der Waals surface area contributed by atoms with E-state index < -0.39 is 11.8 Å². The molecular formula is C16H12Cl2N2O3. The highest BCUT2D eigenvalue weighted by molar-refractivity contribution is 6.36. The summed E-state index contributed by atoms with van der Waals surface area (Å²) >= 11 is 11.8. The van der Waals surface area contributed by atoms with E-state index in [2.05, 4.69) is 17.2 Å². The molecule has 2 rings (SSSR count). The molecule has 5 nitrogen and oxygen atoms in total. The average molecular weight is 351 g/mol. The van der Waals surface area contributed by atoms with Crippen LogP contribution < -0.4 is 10.6 Å². The first kappa shape index (κ1) is 16.9. The Bertz CT molecular complexity index is 791. The van der Waals surface area contributed by atoms with E-state index in [9.17, 15) is 14.7 Å². The third-order valence-corrected chi connectivity index (χ3v) is 3.44. The number of carbonyl (C=O) groups is 2. The summed E-state index contributed by atoms with van der Waals surface area (Å²) in [6.07, 6.45) is 1.10. The van der Waals surface area contributed by atoms with E-state index in [4.69, 9.17) is 23.2 Å². The highest BCUT2D eigenvalue weighted by atomic mass is 35.5. The van der Waals surface area contributed by atoms with Crippen LogP contribution in [0.15, 0.2) is 49.1 Å². The van der Waals surface area contributed by atoms with Crippen LogP contribution >= 0.6 is 23.2 Å². The minimum atomic E-state index is -0.596. The van der Waals surface area contributed by atoms with Crippen molar-refractivity contribution < 1.29 is 14.7 Å². The van der Waals surface area contributed by atoms with E-state index in [-0.39, 0.29) is 11.3 Å². The van der Waals surface area contributed by atoms with Crippen LogP contribution in [0, 0.1) is 0 Å². The zero-order valence-corrected chi connectivity index (χ0v) is 13.3. The summed E-state index contributed by atoms with van der Waals surface area (Å²) in [4.78, 5) is 23.6. The zero-order valence-electron chi connectivity index (χ0n) is 11.8. The maximum absolute atomic E-state index is 12.3. The quantitative estimate of drug-likeness (QED) is 0.574. The van der Waals surface area contributed by atoms with Gasteiger partial charge in [-0.25, -0.2) is 0 Å². The molecule has 0 bridgehead atoms. The summed E-state index contributed by atoms with van der Waals surface area (Å²) in [6.45, 7) is 3.34. The lowest BCUT2D eigenvalue weighted by molar-refractivity contribution is -0.111. The standard InChI is InChI=1S/C16H12Cl2N2O3/c1-2-15(22)19-10-4-6-14(21)11(8-10)16(23)20-13-7-9(17)3-5-12(13)18/h2-8,21H,1H2,(H,19,22)(H,20,23). The molecule has 7 heteroatoms. The molecule has 0 heterocycles. The third kappa shape index (κ3) is 4.25. The Morgan fingerprint density at radius 3 is 2.52 bits per heavy atom. The molecule has 0 aromatic heterocycles. The number of aromatic hydroxyl groups is 1. The van der Waals surface area contributed by atoms with Crippen LogP contribution in [0.2, 0.25) is 10.0 Å². The first-order chi connectivity index (χ1) is 10.9. The van der Waals surface area contributed by atoms with Crippen molar-refractivity contribution >= 4 is 46.4 Å². The van der Waals surface area contributed by atoms with Gasteiger partial charge in [0.05, 0.1) is 16.3 Å². The van der Waals surface area contributed by atoms with Gasteiger partial charge >= 0.3 is 0 Å². The Morgan fingerprint density at radius 1 is 1.09 bits per heavy atom. The lowest BCUT2D eigenvalue weighted by Gasteiger charge is -2.10. The second-order valence-corrected chi connectivity index (χ2v) is 5.35. The molecule has 0 saturated heterocycles. The number of hydrogen-bond donors (Lipinski definition) is 3. The molecule has 0 saturated carbocycles. The van der Waals surface area contributed by atoms with Crippen molar-refractivity contribution in [3.63, 3.8) is 0 Å². The predicted molar refractivity (Wildman–Crippen MR) is 91.3 cm³/mol. The second-order valence-electron chi connectivity index (χ2n) is 4.50. The highest BCUT2D eigenvalue weighted by Crippen LogP contribution is 2.28. The molecule has 0 aliphatic rings. The van der Waals surface area contributed by atoms with Crippen molar-refractivity contribution in [2.45, 2.75) is 0 Å². The number of halogens is 2. The number of hydrogen-bond acceptors (Lipinski definition) is 3. The van der Waals surface area contributed by atoms with Crippen molar-refractivity contribution in [3.8, 4) is 5.75 Å². The van der Waals surface area contributed by atoms with Gasteiger partial charge in [-0.05, 0) is 42.5 Å². The number of phenolic OH excluding ortho intramolecular Hbond substituents is 1. The number of amides is 2. The summed E-state index contributed by atoms with van der Waals surface area (Å²) in [5, 5.41) is 15.6. The van der Waals surface area contributed by atoms with Crippen molar-refractivity contribution in [1.82, 2.24) is 0 Å². The lowest BCUT2D eigenvalue weighted by atomic mass is 10.1. The fourth-order valence-corrected chi connectivity index (χ4v) is 2.11. The molecule has 118 valence electrons. The van der Waals surface area contributed by atoms with Crippen molar-refractivity contribution in [2.75, 3.05) is 10.6 Å². The first-order valence-corrected chi connectivity index (χ1v) is 7.19. The molecule has 0 atom stereocenters. The van der Waals surface area contributed by atoms with E-state index in [1.54, 1.807) is 12.1 Å². The molecule has 2 aromatic rings. The number of rotatable bonds is 4. The molecule has 0 radical (unpaired) electrons. The van der Waals surface area contributed by atoms with Crippen LogP contribution in [-0.4, -0.2) is 16.9 Å². The van der Waals surface area contributed by atoms with Crippen LogP contribution in [0.3, 0.4) is 0 Å². The minimum Gasteiger partial charge on any atom is -0.507 e. The summed E-state index contributed by atoms with van der Waals surface area (Å²) in [6, 6.07) is 8.71. The number of nitrogens with one attached hydrogen (secondary N) is 2. The second kappa shape index (κ2) is 7.17. The van der Waals surface area contributed by atoms with Gasteiger partial charge in [0.15, 0.2) is 0 Å². The predicted octanol–water partition coefficient (Wildman–Crippen LogP) is 4.08. The highest BCUT2D eigenvalue weighted by Gasteiger charge is 2.14. The maximum atomic E-state index is 12.3. The molecule has 0 unspecified atom stereocenters. The minimum absolute atomic E-state index is 0.0251. The molecule has 2 amide bonds. The number of anilines is 2. The lowest BCUT2D eigenvalue weighted by Crippen LogP contribution is -2.14. The Hall–Kier alpha value is -2.50. The largest absolute Gasteiger partial charge is 0.507 e. The molecule has 23 heavy (non-hydrogen) atoms. The Morgan fingerprint density at radius 2 is 1.83 bits per heavy atom. The van der Waals surface area contributed by atoms with Gasteiger partial charge in [-0.15, -0.1) is 0 Å². The molecule has 3 N–H and O–H groups in total. The number of benzene rings is 2. The zero-order chi connectivity index (χ0) is 17.0. The van der Waals surface area contributed by atoms with Gasteiger partial charge in [-0.1, -0.05) is 29.8 Å². The Labute approximate surface area is 142 Å². The van der Waals surface area contributed by atoms with Crippen molar-refractivity contribution in [1.29, 1.82) is 0 Å². The van der Waals surface area contributed by atoms with E-state index >= 15 is 0 Å². The monoisotopic (exact) mass is 350 g/mol. The van der Waals surface area contributed by atoms with Gasteiger partial charge < -0.3 is 15.7 Å². The summed E-state index contributed by atoms with van der Waals surface area (Å²) in [5.74, 6) is -1.27. The molecule has 0 fully saturated rings. The molecule has 0 aliphatic heterocycles. The fourth-order valence-electron chi connectivity index (χ4n) is 1.77. The summed E-state index contributed by atoms with van der Waals surface area (Å²) < 4.78 is 0. The Kier molecular flexibility index (Phi) is 5.26. The van der Waals surface area contributed by atoms with Gasteiger partial charge in [-0.2, -0.15) is 0 Å². The van der Waals surface area contributed by atoms with Gasteiger partial charge in [0, 0.05) is 10.7 Å². The van der Waals surface area contributed by atoms with Crippen LogP contribution in [-0.2, 0) is 4.79 Å². The van der Waals surface area contributed by atoms with Crippen LogP contribution in [0.1, 0.15) is 10.4 Å². The molecule has 0 spiro atoms. The molecule has 0 aliphatic carbocycles. The van der Waals surface area contributed by atoms with E-state index in [0.29, 0.717) is 21.4 Å². The topological polar surface area (TPSA) is 78.4 Å². The average Bonchev–Trinajstić information content (AvgIpc) is 2.52. The summed E-state index contributed by atoms with van der Waals surface area (Å²) in [5.41, 5.74) is 0.627. The van der Waals surface area contributed by atoms with Gasteiger partial charge in [-0.3, -0.25) is 9.59 Å². The maximum Gasteiger partial charge on any atom is 0.259 e. The normalized spacial score (nSPS) is 10.0. The van der Waals surface area contributed by atoms with E-state index in [1.807, 2.05) is 0 Å². The van der Waals surface area contributed by atoms with Gasteiger partial charge in [0.25, 0.3) is 5.91 Å². The molecular weight excluding hydrogens is 339 g/mol. The van der Waals surface area contributed by atoms with Crippen molar-refractivity contribution in [2.24, 2.45) is 0 Å². The van der Waals surface area contributed by atoms with Crippen molar-refractivity contribution in [3.05, 3.63) is 64.7 Å². The first-order valence-electron chi connectivity index (χ1n) is 6.43. The van der Waals surface area contributed by atoms with Gasteiger partial charge in [0.1, 0.15) is 5.75 Å². The number of carbonyl (C=O) groups excluding carboxylic acids is 2. The Balaban J connectivity index is 2.27. The van der Waals surface area contributed by atoms with E-state index in [0.717, 1.165) is 6.08 Å². The third-order valence-electron chi connectivity index (χ3n) is 2.87. The van der Waals surface area contributed by atoms with Crippen LogP contribution in [0.4, 0.5) is 11.4 Å². The smallest absolute Gasteiger partial charge is 0.259 e. The SMILES string of the molecule is C=CC(=O)Nc1ccc(O)c(C(=O)Nc2cc(Cl)ccc2Cl)c1. The van der Waals surface area contributed by atoms with Gasteiger partial charge in [0.2, 0.25) is 5.91 Å². The summed E-state index contributed by atoms with van der Waals surface area (Å²) in [7, 11) is 0.